The largest absolute Gasteiger partial charge is 0.508 e. The van der Waals surface area contributed by atoms with Gasteiger partial charge in [0.15, 0.2) is 0 Å². The third-order valence-corrected chi connectivity index (χ3v) is 2.58. The second-order valence-electron chi connectivity index (χ2n) is 3.34. The summed E-state index contributed by atoms with van der Waals surface area (Å²) in [5.41, 5.74) is 1.06. The highest BCUT2D eigenvalue weighted by atomic mass is 16.3. The van der Waals surface area contributed by atoms with Crippen molar-refractivity contribution in [2.45, 2.75) is 12.5 Å². The Labute approximate surface area is 72.4 Å². The molecule has 1 unspecified atom stereocenters. The maximum Gasteiger partial charge on any atom is 0.120 e. The Morgan fingerprint density at radius 2 is 2.17 bits per heavy atom. The lowest BCUT2D eigenvalue weighted by Gasteiger charge is -2.38. The minimum Gasteiger partial charge on any atom is -0.508 e. The molecule has 0 aliphatic carbocycles. The van der Waals surface area contributed by atoms with Gasteiger partial charge in [0, 0.05) is 18.2 Å². The van der Waals surface area contributed by atoms with Crippen LogP contribution in [0.2, 0.25) is 0 Å². The molecule has 2 nitrogen and oxygen atoms in total. The molecule has 0 amide bonds. The molecule has 1 N–H and O–H groups in total. The zero-order chi connectivity index (χ0) is 8.55. The summed E-state index contributed by atoms with van der Waals surface area (Å²) >= 11 is 0. The summed E-state index contributed by atoms with van der Waals surface area (Å²) in [7, 11) is 2.08. The molecule has 1 heterocycles. The SMILES string of the molecule is CN1CCC1c1ccccc1O. The van der Waals surface area contributed by atoms with E-state index in [1.165, 1.54) is 0 Å². The highest BCUT2D eigenvalue weighted by molar-refractivity contribution is 5.35. The van der Waals surface area contributed by atoms with Gasteiger partial charge in [-0.1, -0.05) is 18.2 Å². The molecule has 0 radical (unpaired) electrons. The number of benzene rings is 1. The molecular weight excluding hydrogens is 150 g/mol. The number of para-hydroxylation sites is 1. The van der Waals surface area contributed by atoms with Crippen LogP contribution in [0, 0.1) is 0 Å². The zero-order valence-electron chi connectivity index (χ0n) is 7.20. The average molecular weight is 163 g/mol. The predicted octanol–water partition coefficient (Wildman–Crippen LogP) is 1.77. The van der Waals surface area contributed by atoms with Crippen molar-refractivity contribution >= 4 is 0 Å². The van der Waals surface area contributed by atoms with Gasteiger partial charge in [-0.2, -0.15) is 0 Å². The first kappa shape index (κ1) is 7.62. The minimum absolute atomic E-state index is 0.425. The molecule has 2 heteroatoms. The van der Waals surface area contributed by atoms with Crippen LogP contribution in [0.4, 0.5) is 0 Å². The lowest BCUT2D eigenvalue weighted by atomic mass is 9.95. The summed E-state index contributed by atoms with van der Waals surface area (Å²) in [6.07, 6.45) is 1.16. The Hall–Kier alpha value is -1.02. The van der Waals surface area contributed by atoms with E-state index in [0.717, 1.165) is 18.5 Å². The number of aromatic hydroxyl groups is 1. The quantitative estimate of drug-likeness (QED) is 0.682. The van der Waals surface area contributed by atoms with Gasteiger partial charge in [0.05, 0.1) is 0 Å². The van der Waals surface area contributed by atoms with Crippen LogP contribution in [0.5, 0.6) is 5.75 Å². The lowest BCUT2D eigenvalue weighted by molar-refractivity contribution is 0.125. The molecule has 0 bridgehead atoms. The summed E-state index contributed by atoms with van der Waals surface area (Å²) < 4.78 is 0. The van der Waals surface area contributed by atoms with E-state index in [0.29, 0.717) is 11.8 Å². The fraction of sp³-hybridized carbons (Fsp3) is 0.400. The van der Waals surface area contributed by atoms with Gasteiger partial charge in [-0.05, 0) is 19.5 Å². The molecule has 0 aromatic heterocycles. The van der Waals surface area contributed by atoms with Crippen LogP contribution in [-0.4, -0.2) is 23.6 Å². The summed E-state index contributed by atoms with van der Waals surface area (Å²) in [6.45, 7) is 1.14. The summed E-state index contributed by atoms with van der Waals surface area (Å²) in [5, 5.41) is 9.54. The van der Waals surface area contributed by atoms with E-state index in [-0.39, 0.29) is 0 Å². The Morgan fingerprint density at radius 1 is 1.42 bits per heavy atom. The van der Waals surface area contributed by atoms with Crippen molar-refractivity contribution < 1.29 is 5.11 Å². The first-order valence-corrected chi connectivity index (χ1v) is 4.27. The van der Waals surface area contributed by atoms with Crippen LogP contribution in [0.15, 0.2) is 24.3 Å². The molecule has 1 fully saturated rings. The highest BCUT2D eigenvalue weighted by Gasteiger charge is 2.27. The second-order valence-corrected chi connectivity index (χ2v) is 3.34. The number of hydrogen-bond acceptors (Lipinski definition) is 2. The Balaban J connectivity index is 2.27. The third kappa shape index (κ3) is 1.08. The number of likely N-dealkylation sites (tertiary alicyclic amines) is 1. The van der Waals surface area contributed by atoms with E-state index in [1.54, 1.807) is 6.07 Å². The van der Waals surface area contributed by atoms with Gasteiger partial charge in [-0.15, -0.1) is 0 Å². The number of phenols is 1. The molecule has 0 saturated carbocycles. The van der Waals surface area contributed by atoms with Crippen molar-refractivity contribution in [2.24, 2.45) is 0 Å². The molecule has 1 aliphatic heterocycles. The second kappa shape index (κ2) is 2.79. The molecule has 64 valence electrons. The fourth-order valence-electron chi connectivity index (χ4n) is 1.68. The highest BCUT2D eigenvalue weighted by Crippen LogP contribution is 2.35. The van der Waals surface area contributed by atoms with Gasteiger partial charge >= 0.3 is 0 Å². The van der Waals surface area contributed by atoms with Crippen LogP contribution in [-0.2, 0) is 0 Å². The Kier molecular flexibility index (Phi) is 1.77. The third-order valence-electron chi connectivity index (χ3n) is 2.58. The average Bonchev–Trinajstić information content (AvgIpc) is 2.06. The standard InChI is InChI=1S/C10H13NO/c1-11-7-6-9(11)8-4-2-3-5-10(8)12/h2-5,9,12H,6-7H2,1H3. The smallest absolute Gasteiger partial charge is 0.120 e. The summed E-state index contributed by atoms with van der Waals surface area (Å²) in [4.78, 5) is 2.25. The summed E-state index contributed by atoms with van der Waals surface area (Å²) in [6, 6.07) is 8.02. The normalized spacial score (nSPS) is 23.6. The Morgan fingerprint density at radius 3 is 2.67 bits per heavy atom. The summed E-state index contributed by atoms with van der Waals surface area (Å²) in [5.74, 6) is 0.425. The Bertz CT molecular complexity index is 285. The van der Waals surface area contributed by atoms with Gasteiger partial charge in [-0.3, -0.25) is 4.90 Å². The van der Waals surface area contributed by atoms with Crippen molar-refractivity contribution in [3.05, 3.63) is 29.8 Å². The molecule has 0 spiro atoms. The van der Waals surface area contributed by atoms with E-state index in [9.17, 15) is 5.11 Å². The molecule has 12 heavy (non-hydrogen) atoms. The van der Waals surface area contributed by atoms with Crippen molar-refractivity contribution in [1.29, 1.82) is 0 Å². The number of rotatable bonds is 1. The number of nitrogens with zero attached hydrogens (tertiary/aromatic N) is 1. The van der Waals surface area contributed by atoms with Gasteiger partial charge in [0.25, 0.3) is 0 Å². The molecule has 1 aliphatic rings. The van der Waals surface area contributed by atoms with Gasteiger partial charge < -0.3 is 5.11 Å². The number of hydrogen-bond donors (Lipinski definition) is 1. The first-order valence-electron chi connectivity index (χ1n) is 4.27. The van der Waals surface area contributed by atoms with Crippen LogP contribution < -0.4 is 0 Å². The van der Waals surface area contributed by atoms with Crippen molar-refractivity contribution in [2.75, 3.05) is 13.6 Å². The number of phenolic OH excluding ortho intramolecular Hbond substituents is 1. The van der Waals surface area contributed by atoms with Crippen molar-refractivity contribution in [3.8, 4) is 5.75 Å². The first-order chi connectivity index (χ1) is 5.79. The zero-order valence-corrected chi connectivity index (χ0v) is 7.20. The van der Waals surface area contributed by atoms with Gasteiger partial charge in [0.1, 0.15) is 5.75 Å². The van der Waals surface area contributed by atoms with Gasteiger partial charge in [-0.25, -0.2) is 0 Å². The van der Waals surface area contributed by atoms with Crippen LogP contribution >= 0.6 is 0 Å². The maximum absolute atomic E-state index is 9.54. The molecule has 1 aromatic carbocycles. The lowest BCUT2D eigenvalue weighted by Crippen LogP contribution is -2.37. The van der Waals surface area contributed by atoms with Crippen molar-refractivity contribution in [3.63, 3.8) is 0 Å². The monoisotopic (exact) mass is 163 g/mol. The van der Waals surface area contributed by atoms with Crippen LogP contribution in [0.3, 0.4) is 0 Å². The van der Waals surface area contributed by atoms with E-state index < -0.39 is 0 Å². The van der Waals surface area contributed by atoms with E-state index >= 15 is 0 Å². The molecular formula is C10H13NO. The molecule has 2 rings (SSSR count). The maximum atomic E-state index is 9.54. The van der Waals surface area contributed by atoms with Gasteiger partial charge in [0.2, 0.25) is 0 Å². The van der Waals surface area contributed by atoms with Crippen LogP contribution in [0.25, 0.3) is 0 Å². The molecule has 1 saturated heterocycles. The topological polar surface area (TPSA) is 23.5 Å². The van der Waals surface area contributed by atoms with Crippen molar-refractivity contribution in [1.82, 2.24) is 4.90 Å². The molecule has 1 aromatic rings. The van der Waals surface area contributed by atoms with E-state index in [1.807, 2.05) is 18.2 Å². The molecule has 1 atom stereocenters. The fourth-order valence-corrected chi connectivity index (χ4v) is 1.68. The van der Waals surface area contributed by atoms with E-state index in [4.69, 9.17) is 0 Å². The van der Waals surface area contributed by atoms with Crippen LogP contribution in [0.1, 0.15) is 18.0 Å². The minimum atomic E-state index is 0.425. The van der Waals surface area contributed by atoms with E-state index in [2.05, 4.69) is 11.9 Å². The predicted molar refractivity (Wildman–Crippen MR) is 48.1 cm³/mol.